The van der Waals surface area contributed by atoms with Crippen molar-refractivity contribution in [3.8, 4) is 0 Å². The van der Waals surface area contributed by atoms with Crippen molar-refractivity contribution < 1.29 is 9.90 Å². The molecular weight excluding hydrogens is 212 g/mol. The summed E-state index contributed by atoms with van der Waals surface area (Å²) in [5.74, 6) is -0.186. The number of rotatable bonds is 5. The van der Waals surface area contributed by atoms with Gasteiger partial charge in [-0.1, -0.05) is 38.1 Å². The van der Waals surface area contributed by atoms with Crippen LogP contribution in [0.15, 0.2) is 24.3 Å². The van der Waals surface area contributed by atoms with Crippen LogP contribution in [0, 0.1) is 5.41 Å². The molecule has 0 aliphatic heterocycles. The van der Waals surface area contributed by atoms with Crippen molar-refractivity contribution in [2.24, 2.45) is 5.41 Å². The first-order chi connectivity index (χ1) is 8.13. The molecule has 1 unspecified atom stereocenters. The molecule has 1 aliphatic rings. The van der Waals surface area contributed by atoms with Gasteiger partial charge in [-0.15, -0.1) is 0 Å². The monoisotopic (exact) mass is 232 g/mol. The highest BCUT2D eigenvalue weighted by atomic mass is 16.4. The van der Waals surface area contributed by atoms with E-state index in [0.29, 0.717) is 5.92 Å². The van der Waals surface area contributed by atoms with Gasteiger partial charge in [-0.2, -0.15) is 0 Å². The third-order valence-electron chi connectivity index (χ3n) is 4.41. The van der Waals surface area contributed by atoms with E-state index in [2.05, 4.69) is 18.2 Å². The van der Waals surface area contributed by atoms with Crippen LogP contribution in [0.5, 0.6) is 0 Å². The largest absolute Gasteiger partial charge is 0.481 e. The first-order valence-corrected chi connectivity index (χ1v) is 6.44. The highest BCUT2D eigenvalue weighted by molar-refractivity contribution is 5.74. The summed E-state index contributed by atoms with van der Waals surface area (Å²) >= 11 is 0. The Hall–Kier alpha value is -1.31. The summed E-state index contributed by atoms with van der Waals surface area (Å²) in [5.41, 5.74) is 2.22. The zero-order chi connectivity index (χ0) is 12.5. The van der Waals surface area contributed by atoms with Crippen molar-refractivity contribution >= 4 is 5.97 Å². The standard InChI is InChI=1S/C15H20O2/c1-3-15(4-2,14(16)17)10-12-9-11-7-5-6-8-13(11)12/h5-8,12H,3-4,9-10H2,1-2H3,(H,16,17). The lowest BCUT2D eigenvalue weighted by Crippen LogP contribution is -2.34. The molecule has 0 spiro atoms. The molecule has 17 heavy (non-hydrogen) atoms. The van der Waals surface area contributed by atoms with Gasteiger partial charge in [-0.05, 0) is 42.7 Å². The van der Waals surface area contributed by atoms with Crippen molar-refractivity contribution in [2.75, 3.05) is 0 Å². The molecular formula is C15H20O2. The van der Waals surface area contributed by atoms with Gasteiger partial charge in [0.05, 0.1) is 5.41 Å². The van der Waals surface area contributed by atoms with Crippen molar-refractivity contribution in [3.05, 3.63) is 35.4 Å². The van der Waals surface area contributed by atoms with Crippen LogP contribution in [-0.4, -0.2) is 11.1 Å². The zero-order valence-corrected chi connectivity index (χ0v) is 10.6. The second kappa shape index (κ2) is 4.52. The molecule has 0 radical (unpaired) electrons. The van der Waals surface area contributed by atoms with Crippen LogP contribution in [0.3, 0.4) is 0 Å². The van der Waals surface area contributed by atoms with Gasteiger partial charge in [-0.25, -0.2) is 0 Å². The van der Waals surface area contributed by atoms with Crippen LogP contribution in [0.1, 0.15) is 50.2 Å². The van der Waals surface area contributed by atoms with Gasteiger partial charge in [0.1, 0.15) is 0 Å². The minimum absolute atomic E-state index is 0.446. The van der Waals surface area contributed by atoms with Gasteiger partial charge >= 0.3 is 5.97 Å². The Bertz CT molecular complexity index is 419. The molecule has 0 saturated carbocycles. The lowest BCUT2D eigenvalue weighted by molar-refractivity contribution is -0.150. The fourth-order valence-corrected chi connectivity index (χ4v) is 2.94. The Balaban J connectivity index is 2.15. The summed E-state index contributed by atoms with van der Waals surface area (Å²) in [6.45, 7) is 3.98. The van der Waals surface area contributed by atoms with E-state index in [9.17, 15) is 9.90 Å². The second-order valence-corrected chi connectivity index (χ2v) is 5.10. The highest BCUT2D eigenvalue weighted by Crippen LogP contribution is 2.45. The number of fused-ring (bicyclic) bond motifs is 1. The number of benzene rings is 1. The maximum absolute atomic E-state index is 11.5. The summed E-state index contributed by atoms with van der Waals surface area (Å²) < 4.78 is 0. The molecule has 0 amide bonds. The average molecular weight is 232 g/mol. The second-order valence-electron chi connectivity index (χ2n) is 5.10. The molecule has 2 heteroatoms. The van der Waals surface area contributed by atoms with Crippen LogP contribution in [0.2, 0.25) is 0 Å². The number of aliphatic carboxylic acids is 1. The molecule has 0 fully saturated rings. The van der Waals surface area contributed by atoms with Crippen molar-refractivity contribution in [1.29, 1.82) is 0 Å². The fourth-order valence-electron chi connectivity index (χ4n) is 2.94. The van der Waals surface area contributed by atoms with Crippen LogP contribution >= 0.6 is 0 Å². The van der Waals surface area contributed by atoms with Crippen molar-refractivity contribution in [2.45, 2.75) is 45.4 Å². The Morgan fingerprint density at radius 2 is 2.00 bits per heavy atom. The van der Waals surface area contributed by atoms with Crippen LogP contribution in [0.25, 0.3) is 0 Å². The van der Waals surface area contributed by atoms with Gasteiger partial charge in [0.25, 0.3) is 0 Å². The normalized spacial score (nSPS) is 18.4. The topological polar surface area (TPSA) is 37.3 Å². The number of hydrogen-bond acceptors (Lipinski definition) is 1. The Morgan fingerprint density at radius 1 is 1.35 bits per heavy atom. The fraction of sp³-hybridized carbons (Fsp3) is 0.533. The van der Waals surface area contributed by atoms with E-state index < -0.39 is 11.4 Å². The van der Waals surface area contributed by atoms with Gasteiger partial charge in [0, 0.05) is 0 Å². The first kappa shape index (κ1) is 12.2. The molecule has 0 saturated heterocycles. The molecule has 1 N–H and O–H groups in total. The maximum Gasteiger partial charge on any atom is 0.309 e. The number of carboxylic acids is 1. The molecule has 2 nitrogen and oxygen atoms in total. The predicted octanol–water partition coefficient (Wildman–Crippen LogP) is 3.61. The van der Waals surface area contributed by atoms with Gasteiger partial charge in [0.2, 0.25) is 0 Å². The molecule has 92 valence electrons. The summed E-state index contributed by atoms with van der Waals surface area (Å²) in [6, 6.07) is 8.39. The van der Waals surface area contributed by atoms with E-state index in [1.807, 2.05) is 19.9 Å². The average Bonchev–Trinajstić information content (AvgIpc) is 2.31. The SMILES string of the molecule is CCC(CC)(CC1Cc2ccccc21)C(=O)O. The minimum atomic E-state index is -0.633. The summed E-state index contributed by atoms with van der Waals surface area (Å²) in [6.07, 6.45) is 3.27. The van der Waals surface area contributed by atoms with Crippen LogP contribution in [0.4, 0.5) is 0 Å². The number of carboxylic acid groups (broad SMARTS) is 1. The molecule has 1 aliphatic carbocycles. The zero-order valence-electron chi connectivity index (χ0n) is 10.6. The van der Waals surface area contributed by atoms with E-state index in [-0.39, 0.29) is 0 Å². The van der Waals surface area contributed by atoms with Crippen molar-refractivity contribution in [3.63, 3.8) is 0 Å². The lowest BCUT2D eigenvalue weighted by Gasteiger charge is -2.37. The molecule has 0 aromatic heterocycles. The molecule has 0 heterocycles. The quantitative estimate of drug-likeness (QED) is 0.842. The first-order valence-electron chi connectivity index (χ1n) is 6.44. The van der Waals surface area contributed by atoms with E-state index in [1.54, 1.807) is 0 Å². The van der Waals surface area contributed by atoms with E-state index in [0.717, 1.165) is 25.7 Å². The Labute approximate surface area is 103 Å². The van der Waals surface area contributed by atoms with Gasteiger partial charge < -0.3 is 5.11 Å². The van der Waals surface area contributed by atoms with Gasteiger partial charge in [0.15, 0.2) is 0 Å². The molecule has 1 atom stereocenters. The third kappa shape index (κ3) is 1.97. The minimum Gasteiger partial charge on any atom is -0.481 e. The molecule has 0 bridgehead atoms. The maximum atomic E-state index is 11.5. The molecule has 1 aromatic carbocycles. The Morgan fingerprint density at radius 3 is 2.53 bits per heavy atom. The number of hydrogen-bond donors (Lipinski definition) is 1. The van der Waals surface area contributed by atoms with Gasteiger partial charge in [-0.3, -0.25) is 4.79 Å². The summed E-state index contributed by atoms with van der Waals surface area (Å²) in [4.78, 5) is 11.5. The lowest BCUT2D eigenvalue weighted by atomic mass is 9.66. The van der Waals surface area contributed by atoms with Crippen LogP contribution < -0.4 is 0 Å². The molecule has 1 aromatic rings. The summed E-state index contributed by atoms with van der Waals surface area (Å²) in [7, 11) is 0. The van der Waals surface area contributed by atoms with E-state index >= 15 is 0 Å². The van der Waals surface area contributed by atoms with Crippen molar-refractivity contribution in [1.82, 2.24) is 0 Å². The Kier molecular flexibility index (Phi) is 3.23. The highest BCUT2D eigenvalue weighted by Gasteiger charge is 2.40. The van der Waals surface area contributed by atoms with E-state index in [1.165, 1.54) is 11.1 Å². The summed E-state index contributed by atoms with van der Waals surface area (Å²) in [5, 5.41) is 9.44. The smallest absolute Gasteiger partial charge is 0.309 e. The van der Waals surface area contributed by atoms with Crippen LogP contribution in [-0.2, 0) is 11.2 Å². The van der Waals surface area contributed by atoms with E-state index in [4.69, 9.17) is 0 Å². The predicted molar refractivity (Wildman–Crippen MR) is 68.2 cm³/mol. The molecule has 2 rings (SSSR count). The number of carbonyl (C=O) groups is 1. The third-order valence-corrected chi connectivity index (χ3v) is 4.41.